The molecule has 0 amide bonds. The summed E-state index contributed by atoms with van der Waals surface area (Å²) in [4.78, 5) is 4.42. The van der Waals surface area contributed by atoms with Crippen LogP contribution < -0.4 is 9.80 Å². The van der Waals surface area contributed by atoms with Gasteiger partial charge in [-0.1, -0.05) is 0 Å². The van der Waals surface area contributed by atoms with Crippen LogP contribution in [-0.4, -0.2) is 46.6 Å². The molecule has 3 aromatic heterocycles. The minimum Gasteiger partial charge on any atom is -0.460 e. The number of aryl methyl sites for hydroxylation is 2. The fraction of sp³-hybridized carbons (Fsp3) is 0.412. The van der Waals surface area contributed by atoms with Crippen molar-refractivity contribution in [2.75, 3.05) is 29.9 Å². The van der Waals surface area contributed by atoms with Crippen LogP contribution in [0.1, 0.15) is 17.7 Å². The van der Waals surface area contributed by atoms with Crippen LogP contribution in [0.15, 0.2) is 29.0 Å². The summed E-state index contributed by atoms with van der Waals surface area (Å²) in [6, 6.07) is 4.48. The number of rotatable bonds is 3. The molecule has 0 aromatic carbocycles. The lowest BCUT2D eigenvalue weighted by Gasteiger charge is -2.44. The van der Waals surface area contributed by atoms with Gasteiger partial charge in [0.1, 0.15) is 0 Å². The Hall–Kier alpha value is -2.70. The highest BCUT2D eigenvalue weighted by Gasteiger charge is 2.33. The van der Waals surface area contributed by atoms with Gasteiger partial charge in [0.15, 0.2) is 17.2 Å². The Kier molecular flexibility index (Phi) is 2.95. The van der Waals surface area contributed by atoms with Crippen molar-refractivity contribution >= 4 is 22.6 Å². The zero-order valence-electron chi connectivity index (χ0n) is 13.5. The molecule has 0 spiro atoms. The third-order valence-electron chi connectivity index (χ3n) is 5.12. The molecule has 1 aliphatic carbocycles. The van der Waals surface area contributed by atoms with E-state index in [0.29, 0.717) is 6.04 Å². The van der Waals surface area contributed by atoms with Crippen LogP contribution in [0.2, 0.25) is 0 Å². The Balaban J connectivity index is 1.33. The second-order valence-electron chi connectivity index (χ2n) is 6.57. The molecule has 24 heavy (non-hydrogen) atoms. The standard InChI is InChI=1S/C17H18N6O/c1-22(17-16-12(5-6-24-16)8-18-21-17)13-9-23(10-13)15-7-11-3-2-4-14(11)19-20-15/h5-8,13H,2-4,9-10H2,1H3. The molecule has 0 N–H and O–H groups in total. The van der Waals surface area contributed by atoms with Crippen LogP contribution in [0.25, 0.3) is 11.0 Å². The highest BCUT2D eigenvalue weighted by Crippen LogP contribution is 2.30. The average Bonchev–Trinajstić information content (AvgIpc) is 3.21. The lowest BCUT2D eigenvalue weighted by atomic mass is 10.1. The molecule has 1 fully saturated rings. The minimum absolute atomic E-state index is 0.366. The Morgan fingerprint density at radius 2 is 2.12 bits per heavy atom. The van der Waals surface area contributed by atoms with Crippen LogP contribution >= 0.6 is 0 Å². The Bertz CT molecular complexity index is 901. The van der Waals surface area contributed by atoms with Crippen molar-refractivity contribution in [3.05, 3.63) is 35.9 Å². The molecule has 1 saturated heterocycles. The molecule has 1 aliphatic heterocycles. The van der Waals surface area contributed by atoms with E-state index in [1.807, 2.05) is 13.1 Å². The number of likely N-dealkylation sites (N-methyl/N-ethyl adjacent to an activating group) is 1. The van der Waals surface area contributed by atoms with E-state index in [1.165, 1.54) is 17.7 Å². The van der Waals surface area contributed by atoms with Crippen LogP contribution in [0.4, 0.5) is 11.6 Å². The smallest absolute Gasteiger partial charge is 0.195 e. The molecular formula is C17H18N6O. The quantitative estimate of drug-likeness (QED) is 0.728. The van der Waals surface area contributed by atoms with E-state index in [9.17, 15) is 0 Å². The molecule has 0 bridgehead atoms. The maximum Gasteiger partial charge on any atom is 0.195 e. The lowest BCUT2D eigenvalue weighted by molar-refractivity contribution is 0.484. The molecule has 2 aliphatic rings. The van der Waals surface area contributed by atoms with Gasteiger partial charge in [-0.2, -0.15) is 10.2 Å². The first-order chi connectivity index (χ1) is 11.8. The van der Waals surface area contributed by atoms with Gasteiger partial charge in [0, 0.05) is 25.5 Å². The molecule has 0 saturated carbocycles. The molecule has 122 valence electrons. The highest BCUT2D eigenvalue weighted by molar-refractivity contribution is 5.86. The number of anilines is 2. The fourth-order valence-corrected chi connectivity index (χ4v) is 3.56. The molecule has 0 atom stereocenters. The topological polar surface area (TPSA) is 71.2 Å². The van der Waals surface area contributed by atoms with Gasteiger partial charge in [0.25, 0.3) is 0 Å². The first-order valence-electron chi connectivity index (χ1n) is 8.32. The highest BCUT2D eigenvalue weighted by atomic mass is 16.3. The number of hydrogen-bond acceptors (Lipinski definition) is 7. The normalized spacial score (nSPS) is 17.1. The summed E-state index contributed by atoms with van der Waals surface area (Å²) >= 11 is 0. The van der Waals surface area contributed by atoms with Gasteiger partial charge in [-0.15, -0.1) is 10.2 Å². The summed E-state index contributed by atoms with van der Waals surface area (Å²) in [6.07, 6.45) is 6.80. The summed E-state index contributed by atoms with van der Waals surface area (Å²) in [6.45, 7) is 1.81. The summed E-state index contributed by atoms with van der Waals surface area (Å²) in [5.41, 5.74) is 3.33. The maximum atomic E-state index is 5.57. The third-order valence-corrected chi connectivity index (χ3v) is 5.12. The predicted molar refractivity (Wildman–Crippen MR) is 90.3 cm³/mol. The summed E-state index contributed by atoms with van der Waals surface area (Å²) in [5, 5.41) is 18.1. The maximum absolute atomic E-state index is 5.57. The van der Waals surface area contributed by atoms with E-state index >= 15 is 0 Å². The van der Waals surface area contributed by atoms with Gasteiger partial charge < -0.3 is 14.2 Å². The molecule has 0 unspecified atom stereocenters. The summed E-state index contributed by atoms with van der Waals surface area (Å²) < 4.78 is 5.57. The van der Waals surface area contributed by atoms with Crippen molar-refractivity contribution in [2.45, 2.75) is 25.3 Å². The van der Waals surface area contributed by atoms with Crippen molar-refractivity contribution < 1.29 is 4.42 Å². The molecule has 7 heteroatoms. The first-order valence-corrected chi connectivity index (χ1v) is 8.32. The fourth-order valence-electron chi connectivity index (χ4n) is 3.56. The predicted octanol–water partition coefficient (Wildman–Crippen LogP) is 1.83. The molecule has 0 radical (unpaired) electrons. The van der Waals surface area contributed by atoms with Crippen molar-refractivity contribution in [3.63, 3.8) is 0 Å². The Morgan fingerprint density at radius 1 is 1.21 bits per heavy atom. The summed E-state index contributed by atoms with van der Waals surface area (Å²) in [5.74, 6) is 1.78. The number of aromatic nitrogens is 4. The largest absolute Gasteiger partial charge is 0.460 e. The molecule has 7 nitrogen and oxygen atoms in total. The second kappa shape index (κ2) is 5.15. The zero-order valence-corrected chi connectivity index (χ0v) is 13.5. The number of fused-ring (bicyclic) bond motifs is 2. The summed E-state index contributed by atoms with van der Waals surface area (Å²) in [7, 11) is 2.04. The zero-order chi connectivity index (χ0) is 16.1. The van der Waals surface area contributed by atoms with Crippen molar-refractivity contribution in [2.24, 2.45) is 0 Å². The van der Waals surface area contributed by atoms with E-state index in [0.717, 1.165) is 48.5 Å². The van der Waals surface area contributed by atoms with Gasteiger partial charge in [-0.3, -0.25) is 0 Å². The molecule has 4 heterocycles. The first kappa shape index (κ1) is 13.7. The third kappa shape index (κ3) is 2.04. The second-order valence-corrected chi connectivity index (χ2v) is 6.57. The van der Waals surface area contributed by atoms with E-state index in [4.69, 9.17) is 4.42 Å². The van der Waals surface area contributed by atoms with Crippen molar-refractivity contribution in [3.8, 4) is 0 Å². The molecular weight excluding hydrogens is 304 g/mol. The van der Waals surface area contributed by atoms with E-state index < -0.39 is 0 Å². The van der Waals surface area contributed by atoms with E-state index in [2.05, 4.69) is 36.3 Å². The number of nitrogens with zero attached hydrogens (tertiary/aromatic N) is 6. The Labute approximate surface area is 139 Å². The average molecular weight is 322 g/mol. The molecule has 5 rings (SSSR count). The monoisotopic (exact) mass is 322 g/mol. The number of hydrogen-bond donors (Lipinski definition) is 0. The van der Waals surface area contributed by atoms with Crippen LogP contribution in [0.3, 0.4) is 0 Å². The van der Waals surface area contributed by atoms with Crippen molar-refractivity contribution in [1.29, 1.82) is 0 Å². The van der Waals surface area contributed by atoms with Crippen LogP contribution in [0, 0.1) is 0 Å². The van der Waals surface area contributed by atoms with Crippen LogP contribution in [0.5, 0.6) is 0 Å². The van der Waals surface area contributed by atoms with Gasteiger partial charge >= 0.3 is 0 Å². The van der Waals surface area contributed by atoms with Gasteiger partial charge in [-0.25, -0.2) is 0 Å². The Morgan fingerprint density at radius 3 is 3.04 bits per heavy atom. The van der Waals surface area contributed by atoms with E-state index in [-0.39, 0.29) is 0 Å². The van der Waals surface area contributed by atoms with Crippen molar-refractivity contribution in [1.82, 2.24) is 20.4 Å². The minimum atomic E-state index is 0.366. The lowest BCUT2D eigenvalue weighted by Crippen LogP contribution is -2.59. The number of furan rings is 1. The van der Waals surface area contributed by atoms with Crippen LogP contribution in [-0.2, 0) is 12.8 Å². The van der Waals surface area contributed by atoms with E-state index in [1.54, 1.807) is 12.5 Å². The molecule has 3 aromatic rings. The van der Waals surface area contributed by atoms with Gasteiger partial charge in [0.2, 0.25) is 0 Å². The van der Waals surface area contributed by atoms with Gasteiger partial charge in [0.05, 0.1) is 24.2 Å². The van der Waals surface area contributed by atoms with Gasteiger partial charge in [-0.05, 0) is 37.0 Å². The SMILES string of the molecule is CN(c1nncc2ccoc12)C1CN(c2cc3c(nn2)CCC3)C1.